The number of halogens is 1. The van der Waals surface area contributed by atoms with Gasteiger partial charge < -0.3 is 19.9 Å². The molecule has 2 aliphatic rings. The highest BCUT2D eigenvalue weighted by Crippen LogP contribution is 2.21. The zero-order chi connectivity index (χ0) is 15.8. The second-order valence-electron chi connectivity index (χ2n) is 6.29. The van der Waals surface area contributed by atoms with E-state index in [4.69, 9.17) is 4.74 Å². The quantitative estimate of drug-likeness (QED) is 0.695. The molecule has 0 aliphatic carbocycles. The van der Waals surface area contributed by atoms with Gasteiger partial charge in [0.2, 0.25) is 11.8 Å². The zero-order valence-corrected chi connectivity index (χ0v) is 14.9. The zero-order valence-electron chi connectivity index (χ0n) is 14.1. The molecular formula is C16H30ClN3O3. The molecule has 0 radical (unpaired) electrons. The lowest BCUT2D eigenvalue weighted by molar-refractivity contribution is -0.136. The maximum atomic E-state index is 12.1. The van der Waals surface area contributed by atoms with E-state index in [2.05, 4.69) is 5.32 Å². The van der Waals surface area contributed by atoms with E-state index < -0.39 is 0 Å². The third-order valence-electron chi connectivity index (χ3n) is 4.63. The van der Waals surface area contributed by atoms with Gasteiger partial charge in [0.25, 0.3) is 0 Å². The Balaban J connectivity index is 0.00000264. The Morgan fingerprint density at radius 1 is 1.26 bits per heavy atom. The van der Waals surface area contributed by atoms with Crippen molar-refractivity contribution in [1.82, 2.24) is 15.1 Å². The van der Waals surface area contributed by atoms with Gasteiger partial charge in [-0.3, -0.25) is 9.59 Å². The molecule has 2 heterocycles. The Kier molecular flexibility index (Phi) is 9.52. The van der Waals surface area contributed by atoms with E-state index in [-0.39, 0.29) is 18.3 Å². The molecule has 0 unspecified atom stereocenters. The van der Waals surface area contributed by atoms with Crippen molar-refractivity contribution < 1.29 is 14.3 Å². The van der Waals surface area contributed by atoms with Crippen molar-refractivity contribution in [3.05, 3.63) is 0 Å². The molecule has 0 atom stereocenters. The molecule has 2 aliphatic heterocycles. The summed E-state index contributed by atoms with van der Waals surface area (Å²) in [6, 6.07) is 0. The predicted molar refractivity (Wildman–Crippen MR) is 91.7 cm³/mol. The number of rotatable bonds is 7. The molecule has 0 aromatic carbocycles. The number of nitrogens with zero attached hydrogens (tertiary/aromatic N) is 2. The summed E-state index contributed by atoms with van der Waals surface area (Å²) in [7, 11) is 1.65. The van der Waals surface area contributed by atoms with Gasteiger partial charge in [0, 0.05) is 46.3 Å². The Morgan fingerprint density at radius 3 is 2.65 bits per heavy atom. The largest absolute Gasteiger partial charge is 0.383 e. The molecule has 2 fully saturated rings. The van der Waals surface area contributed by atoms with Crippen LogP contribution in [0.5, 0.6) is 0 Å². The van der Waals surface area contributed by atoms with Crippen LogP contribution in [0.4, 0.5) is 0 Å². The summed E-state index contributed by atoms with van der Waals surface area (Å²) >= 11 is 0. The molecular weight excluding hydrogens is 318 g/mol. The van der Waals surface area contributed by atoms with Gasteiger partial charge in [-0.1, -0.05) is 0 Å². The first-order chi connectivity index (χ1) is 10.7. The summed E-state index contributed by atoms with van der Waals surface area (Å²) in [6.07, 6.45) is 4.90. The number of carbonyl (C=O) groups excluding carboxylic acids is 2. The lowest BCUT2D eigenvalue weighted by Crippen LogP contribution is -2.46. The second-order valence-corrected chi connectivity index (χ2v) is 6.29. The molecule has 0 bridgehead atoms. The third-order valence-corrected chi connectivity index (χ3v) is 4.63. The molecule has 6 nitrogen and oxygen atoms in total. The lowest BCUT2D eigenvalue weighted by atomic mass is 9.95. The number of likely N-dealkylation sites (tertiary alicyclic amines) is 2. The van der Waals surface area contributed by atoms with E-state index in [1.54, 1.807) is 7.11 Å². The summed E-state index contributed by atoms with van der Waals surface area (Å²) < 4.78 is 4.94. The molecule has 2 saturated heterocycles. The third kappa shape index (κ3) is 6.65. The fourth-order valence-electron chi connectivity index (χ4n) is 3.21. The molecule has 23 heavy (non-hydrogen) atoms. The van der Waals surface area contributed by atoms with Crippen LogP contribution in [0.2, 0.25) is 0 Å². The number of nitrogens with one attached hydrogen (secondary N) is 1. The highest BCUT2D eigenvalue weighted by molar-refractivity contribution is 5.85. The van der Waals surface area contributed by atoms with Gasteiger partial charge in [-0.05, 0) is 31.6 Å². The monoisotopic (exact) mass is 347 g/mol. The van der Waals surface area contributed by atoms with Gasteiger partial charge >= 0.3 is 0 Å². The number of piperidine rings is 2. The summed E-state index contributed by atoms with van der Waals surface area (Å²) in [5.41, 5.74) is 0. The van der Waals surface area contributed by atoms with Gasteiger partial charge in [0.05, 0.1) is 13.2 Å². The predicted octanol–water partition coefficient (Wildman–Crippen LogP) is 0.895. The van der Waals surface area contributed by atoms with Crippen LogP contribution in [0, 0.1) is 5.92 Å². The normalized spacial score (nSPS) is 19.6. The smallest absolute Gasteiger partial charge is 0.236 e. The van der Waals surface area contributed by atoms with Gasteiger partial charge in [0.15, 0.2) is 0 Å². The van der Waals surface area contributed by atoms with Crippen molar-refractivity contribution in [3.63, 3.8) is 0 Å². The van der Waals surface area contributed by atoms with Crippen LogP contribution in [0.25, 0.3) is 0 Å². The van der Waals surface area contributed by atoms with Gasteiger partial charge in [-0.2, -0.15) is 0 Å². The lowest BCUT2D eigenvalue weighted by Gasteiger charge is -2.36. The Morgan fingerprint density at radius 2 is 2.00 bits per heavy atom. The van der Waals surface area contributed by atoms with Gasteiger partial charge in [-0.25, -0.2) is 0 Å². The average molecular weight is 348 g/mol. The van der Waals surface area contributed by atoms with Crippen LogP contribution < -0.4 is 5.32 Å². The van der Waals surface area contributed by atoms with Gasteiger partial charge in [-0.15, -0.1) is 12.4 Å². The van der Waals surface area contributed by atoms with Crippen LogP contribution >= 0.6 is 12.4 Å². The highest BCUT2D eigenvalue weighted by atomic mass is 35.5. The minimum atomic E-state index is 0. The van der Waals surface area contributed by atoms with Crippen LogP contribution in [0.3, 0.4) is 0 Å². The van der Waals surface area contributed by atoms with E-state index >= 15 is 0 Å². The van der Waals surface area contributed by atoms with Gasteiger partial charge in [0.1, 0.15) is 0 Å². The fourth-order valence-corrected chi connectivity index (χ4v) is 3.21. The number of carbonyl (C=O) groups is 2. The molecule has 0 aromatic rings. The maximum Gasteiger partial charge on any atom is 0.236 e. The van der Waals surface area contributed by atoms with E-state index in [9.17, 15) is 9.59 Å². The number of ether oxygens (including phenoxy) is 1. The first-order valence-electron chi connectivity index (χ1n) is 8.46. The number of methoxy groups -OCH3 is 1. The van der Waals surface area contributed by atoms with Crippen molar-refractivity contribution in [2.45, 2.75) is 32.1 Å². The Bertz CT molecular complexity index is 374. The molecule has 134 valence electrons. The first-order valence-corrected chi connectivity index (χ1v) is 8.46. The SMILES string of the molecule is COCCNCC(=O)N1CCC(CN2CCCCC2=O)CC1.Cl. The highest BCUT2D eigenvalue weighted by Gasteiger charge is 2.26. The van der Waals surface area contributed by atoms with E-state index in [0.717, 1.165) is 51.9 Å². The summed E-state index contributed by atoms with van der Waals surface area (Å²) in [5.74, 6) is 1.03. The molecule has 0 spiro atoms. The topological polar surface area (TPSA) is 61.9 Å². The second kappa shape index (κ2) is 10.8. The van der Waals surface area contributed by atoms with Crippen molar-refractivity contribution in [1.29, 1.82) is 0 Å². The van der Waals surface area contributed by atoms with E-state index in [0.29, 0.717) is 37.9 Å². The van der Waals surface area contributed by atoms with Crippen molar-refractivity contribution in [3.8, 4) is 0 Å². The number of hydrogen-bond acceptors (Lipinski definition) is 4. The summed E-state index contributed by atoms with van der Waals surface area (Å²) in [6.45, 7) is 5.15. The standard InChI is InChI=1S/C16H29N3O3.ClH/c1-22-11-7-17-12-16(21)18-9-5-14(6-10-18)13-19-8-3-2-4-15(19)20;/h14,17H,2-13H2,1H3;1H. The number of hydrogen-bond donors (Lipinski definition) is 1. The summed E-state index contributed by atoms with van der Waals surface area (Å²) in [4.78, 5) is 27.9. The molecule has 2 amide bonds. The van der Waals surface area contributed by atoms with Crippen LogP contribution in [0.1, 0.15) is 32.1 Å². The number of amides is 2. The van der Waals surface area contributed by atoms with E-state index in [1.807, 2.05) is 9.80 Å². The van der Waals surface area contributed by atoms with Crippen molar-refractivity contribution >= 4 is 24.2 Å². The minimum Gasteiger partial charge on any atom is -0.383 e. The molecule has 7 heteroatoms. The Labute approximate surface area is 145 Å². The van der Waals surface area contributed by atoms with Crippen LogP contribution in [-0.2, 0) is 14.3 Å². The molecule has 2 rings (SSSR count). The minimum absolute atomic E-state index is 0. The molecule has 0 aromatic heterocycles. The van der Waals surface area contributed by atoms with Crippen LogP contribution in [0.15, 0.2) is 0 Å². The van der Waals surface area contributed by atoms with Crippen LogP contribution in [-0.4, -0.2) is 74.6 Å². The average Bonchev–Trinajstić information content (AvgIpc) is 2.54. The molecule has 0 saturated carbocycles. The van der Waals surface area contributed by atoms with Crippen molar-refractivity contribution in [2.24, 2.45) is 5.92 Å². The first kappa shape index (κ1) is 20.2. The molecule has 1 N–H and O–H groups in total. The summed E-state index contributed by atoms with van der Waals surface area (Å²) in [5, 5.41) is 3.10. The van der Waals surface area contributed by atoms with E-state index in [1.165, 1.54) is 0 Å². The van der Waals surface area contributed by atoms with Crippen molar-refractivity contribution in [2.75, 3.05) is 53.0 Å². The fraction of sp³-hybridized carbons (Fsp3) is 0.875. The Hall–Kier alpha value is -0.850. The maximum absolute atomic E-state index is 12.1.